The molecule has 23 heavy (non-hydrogen) atoms. The van der Waals surface area contributed by atoms with Crippen molar-refractivity contribution in [3.8, 4) is 11.4 Å². The highest BCUT2D eigenvalue weighted by Gasteiger charge is 2.48. The van der Waals surface area contributed by atoms with E-state index in [1.807, 2.05) is 0 Å². The molecule has 0 bridgehead atoms. The second-order valence-electron chi connectivity index (χ2n) is 5.35. The Labute approximate surface area is 136 Å². The van der Waals surface area contributed by atoms with Crippen molar-refractivity contribution in [2.45, 2.75) is 12.8 Å². The van der Waals surface area contributed by atoms with Gasteiger partial charge in [0.25, 0.3) is 0 Å². The van der Waals surface area contributed by atoms with Gasteiger partial charge in [-0.3, -0.25) is 9.59 Å². The molecule has 3 rings (SSSR count). The number of benzene rings is 1. The number of amides is 1. The summed E-state index contributed by atoms with van der Waals surface area (Å²) in [6.45, 7) is 0.323. The lowest BCUT2D eigenvalue weighted by molar-refractivity contribution is -0.140. The quantitative estimate of drug-likeness (QED) is 0.833. The maximum absolute atomic E-state index is 11.7. The first-order chi connectivity index (χ1) is 11.0. The number of carboxylic acids is 1. The number of aliphatic carboxylic acids is 1. The van der Waals surface area contributed by atoms with Crippen molar-refractivity contribution in [2.75, 3.05) is 6.54 Å². The van der Waals surface area contributed by atoms with Gasteiger partial charge in [-0.25, -0.2) is 0 Å². The fourth-order valence-electron chi connectivity index (χ4n) is 2.25. The van der Waals surface area contributed by atoms with E-state index in [1.54, 1.807) is 24.3 Å². The maximum atomic E-state index is 11.7. The molecular weight excluding hydrogens is 322 g/mol. The van der Waals surface area contributed by atoms with Gasteiger partial charge in [-0.05, 0) is 30.7 Å². The number of carbonyl (C=O) groups is 2. The second-order valence-corrected chi connectivity index (χ2v) is 5.78. The van der Waals surface area contributed by atoms with Crippen LogP contribution in [0.2, 0.25) is 5.02 Å². The zero-order chi connectivity index (χ0) is 16.4. The largest absolute Gasteiger partial charge is 0.481 e. The van der Waals surface area contributed by atoms with Crippen LogP contribution in [0.25, 0.3) is 11.4 Å². The third-order valence-electron chi connectivity index (χ3n) is 3.65. The summed E-state index contributed by atoms with van der Waals surface area (Å²) in [5, 5.41) is 16.0. The van der Waals surface area contributed by atoms with Gasteiger partial charge in [0.15, 0.2) is 0 Å². The van der Waals surface area contributed by atoms with Gasteiger partial charge in [-0.15, -0.1) is 0 Å². The molecule has 1 fully saturated rings. The van der Waals surface area contributed by atoms with Crippen LogP contribution in [0.15, 0.2) is 28.8 Å². The predicted molar refractivity (Wildman–Crippen MR) is 80.7 cm³/mol. The topological polar surface area (TPSA) is 105 Å². The van der Waals surface area contributed by atoms with E-state index in [2.05, 4.69) is 15.5 Å². The maximum Gasteiger partial charge on any atom is 0.307 e. The zero-order valence-electron chi connectivity index (χ0n) is 12.0. The van der Waals surface area contributed by atoms with Gasteiger partial charge in [0.05, 0.1) is 11.8 Å². The molecule has 1 aliphatic carbocycles. The summed E-state index contributed by atoms with van der Waals surface area (Å²) in [4.78, 5) is 26.7. The van der Waals surface area contributed by atoms with Crippen LogP contribution in [0.3, 0.4) is 0 Å². The van der Waals surface area contributed by atoms with Crippen LogP contribution in [0.1, 0.15) is 12.3 Å². The van der Waals surface area contributed by atoms with Crippen molar-refractivity contribution in [3.63, 3.8) is 0 Å². The van der Waals surface area contributed by atoms with E-state index >= 15 is 0 Å². The van der Waals surface area contributed by atoms with Crippen molar-refractivity contribution in [2.24, 2.45) is 11.8 Å². The van der Waals surface area contributed by atoms with Crippen LogP contribution in [0.5, 0.6) is 0 Å². The fourth-order valence-corrected chi connectivity index (χ4v) is 2.38. The molecule has 2 unspecified atom stereocenters. The molecule has 120 valence electrons. The standard InChI is InChI=1S/C15H14ClN3O4/c16-9-3-1-8(2-4-9)13-18-12(23-19-13)5-6-17-14(20)10-7-11(10)15(21)22/h1-4,10-11H,5-7H2,(H,17,20)(H,21,22). The summed E-state index contributed by atoms with van der Waals surface area (Å²) in [5.41, 5.74) is 0.788. The van der Waals surface area contributed by atoms with Crippen molar-refractivity contribution < 1.29 is 19.2 Å². The van der Waals surface area contributed by atoms with Crippen LogP contribution in [0.4, 0.5) is 0 Å². The van der Waals surface area contributed by atoms with Crippen molar-refractivity contribution >= 4 is 23.5 Å². The Hall–Kier alpha value is -2.41. The molecule has 0 radical (unpaired) electrons. The van der Waals surface area contributed by atoms with Gasteiger partial charge in [0, 0.05) is 23.6 Å². The number of aromatic nitrogens is 2. The number of carboxylic acid groups (broad SMARTS) is 1. The third-order valence-corrected chi connectivity index (χ3v) is 3.90. The van der Waals surface area contributed by atoms with E-state index in [0.29, 0.717) is 36.1 Å². The fraction of sp³-hybridized carbons (Fsp3) is 0.333. The molecule has 1 aromatic heterocycles. The summed E-state index contributed by atoms with van der Waals surface area (Å²) in [6, 6.07) is 7.05. The molecule has 1 aliphatic rings. The normalized spacial score (nSPS) is 19.3. The lowest BCUT2D eigenvalue weighted by atomic mass is 10.2. The van der Waals surface area contributed by atoms with Crippen molar-refractivity contribution in [1.82, 2.24) is 15.5 Å². The van der Waals surface area contributed by atoms with Gasteiger partial charge in [-0.1, -0.05) is 16.8 Å². The molecule has 7 nitrogen and oxygen atoms in total. The Bertz CT molecular complexity index is 729. The van der Waals surface area contributed by atoms with Gasteiger partial charge < -0.3 is 14.9 Å². The average Bonchev–Trinajstić information content (AvgIpc) is 3.21. The smallest absolute Gasteiger partial charge is 0.307 e. The number of rotatable bonds is 6. The summed E-state index contributed by atoms with van der Waals surface area (Å²) in [6.07, 6.45) is 0.791. The number of nitrogens with one attached hydrogen (secondary N) is 1. The highest BCUT2D eigenvalue weighted by Crippen LogP contribution is 2.38. The van der Waals surface area contributed by atoms with Crippen molar-refractivity contribution in [3.05, 3.63) is 35.2 Å². The lowest BCUT2D eigenvalue weighted by Crippen LogP contribution is -2.28. The highest BCUT2D eigenvalue weighted by atomic mass is 35.5. The first-order valence-electron chi connectivity index (χ1n) is 7.13. The van der Waals surface area contributed by atoms with E-state index in [-0.39, 0.29) is 5.91 Å². The van der Waals surface area contributed by atoms with Gasteiger partial charge in [0.2, 0.25) is 17.6 Å². The predicted octanol–water partition coefficient (Wildman–Crippen LogP) is 1.77. The Kier molecular flexibility index (Phi) is 4.29. The Morgan fingerprint density at radius 2 is 2.04 bits per heavy atom. The zero-order valence-corrected chi connectivity index (χ0v) is 12.8. The van der Waals surface area contributed by atoms with Gasteiger partial charge >= 0.3 is 5.97 Å². The molecule has 8 heteroatoms. The number of hydrogen-bond acceptors (Lipinski definition) is 5. The first-order valence-corrected chi connectivity index (χ1v) is 7.51. The van der Waals surface area contributed by atoms with E-state index in [9.17, 15) is 9.59 Å². The molecule has 2 N–H and O–H groups in total. The Morgan fingerprint density at radius 3 is 2.70 bits per heavy atom. The Morgan fingerprint density at radius 1 is 1.30 bits per heavy atom. The number of nitrogens with zero attached hydrogens (tertiary/aromatic N) is 2. The number of halogens is 1. The van der Waals surface area contributed by atoms with Crippen LogP contribution in [-0.4, -0.2) is 33.7 Å². The summed E-state index contributed by atoms with van der Waals surface area (Å²) >= 11 is 5.82. The molecule has 1 heterocycles. The highest BCUT2D eigenvalue weighted by molar-refractivity contribution is 6.30. The molecule has 2 aromatic rings. The Balaban J connectivity index is 1.49. The lowest BCUT2D eigenvalue weighted by Gasteiger charge is -2.01. The van der Waals surface area contributed by atoms with E-state index in [4.69, 9.17) is 21.2 Å². The van der Waals surface area contributed by atoms with Crippen LogP contribution in [0, 0.1) is 11.8 Å². The SMILES string of the molecule is O=C(O)C1CC1C(=O)NCCc1nc(-c2ccc(Cl)cc2)no1. The van der Waals surface area contributed by atoms with Crippen LogP contribution >= 0.6 is 11.6 Å². The van der Waals surface area contributed by atoms with E-state index in [0.717, 1.165) is 5.56 Å². The van der Waals surface area contributed by atoms with Crippen molar-refractivity contribution in [1.29, 1.82) is 0 Å². The van der Waals surface area contributed by atoms with E-state index < -0.39 is 17.8 Å². The van der Waals surface area contributed by atoms with Crippen LogP contribution in [-0.2, 0) is 16.0 Å². The van der Waals surface area contributed by atoms with E-state index in [1.165, 1.54) is 0 Å². The summed E-state index contributed by atoms with van der Waals surface area (Å²) in [7, 11) is 0. The molecule has 0 saturated heterocycles. The molecule has 0 spiro atoms. The molecule has 1 amide bonds. The molecule has 0 aliphatic heterocycles. The van der Waals surface area contributed by atoms with Crippen LogP contribution < -0.4 is 5.32 Å². The second kappa shape index (κ2) is 6.37. The average molecular weight is 336 g/mol. The van der Waals surface area contributed by atoms with Gasteiger partial charge in [-0.2, -0.15) is 4.98 Å². The minimum absolute atomic E-state index is 0.241. The molecule has 1 aromatic carbocycles. The minimum atomic E-state index is -0.922. The summed E-state index contributed by atoms with van der Waals surface area (Å²) < 4.78 is 5.13. The summed E-state index contributed by atoms with van der Waals surface area (Å²) in [5.74, 6) is -1.27. The molecule has 2 atom stereocenters. The monoisotopic (exact) mass is 335 g/mol. The minimum Gasteiger partial charge on any atom is -0.481 e. The third kappa shape index (κ3) is 3.68. The first kappa shape index (κ1) is 15.5. The number of hydrogen-bond donors (Lipinski definition) is 2. The molecule has 1 saturated carbocycles. The number of carbonyl (C=O) groups excluding carboxylic acids is 1. The van der Waals surface area contributed by atoms with Gasteiger partial charge in [0.1, 0.15) is 0 Å². The molecular formula is C15H14ClN3O4.